The maximum atomic E-state index is 11.9. The van der Waals surface area contributed by atoms with E-state index in [4.69, 9.17) is 5.26 Å². The minimum absolute atomic E-state index is 0.0797. The van der Waals surface area contributed by atoms with E-state index in [2.05, 4.69) is 10.4 Å². The second kappa shape index (κ2) is 7.06. The van der Waals surface area contributed by atoms with Crippen LogP contribution in [0.5, 0.6) is 0 Å². The zero-order valence-corrected chi connectivity index (χ0v) is 11.8. The second-order valence-electron chi connectivity index (χ2n) is 4.61. The highest BCUT2D eigenvalue weighted by molar-refractivity contribution is 6.01. The Balaban J connectivity index is 1.92. The summed E-state index contributed by atoms with van der Waals surface area (Å²) < 4.78 is 1.62. The Morgan fingerprint density at radius 2 is 2.19 bits per heavy atom. The number of aryl methyl sites for hydroxylation is 1. The summed E-state index contributed by atoms with van der Waals surface area (Å²) in [4.78, 5) is 11.9. The summed E-state index contributed by atoms with van der Waals surface area (Å²) in [5.41, 5.74) is 1.95. The fourth-order valence-corrected chi connectivity index (χ4v) is 1.89. The van der Waals surface area contributed by atoms with Crippen LogP contribution in [-0.4, -0.2) is 22.2 Å². The zero-order chi connectivity index (χ0) is 15.1. The number of benzene rings is 1. The van der Waals surface area contributed by atoms with Gasteiger partial charge in [0.2, 0.25) is 0 Å². The zero-order valence-electron chi connectivity index (χ0n) is 11.8. The quantitative estimate of drug-likeness (QED) is 0.669. The molecule has 0 radical (unpaired) electrons. The minimum atomic E-state index is -0.364. The molecule has 1 aromatic heterocycles. The molecule has 0 saturated heterocycles. The summed E-state index contributed by atoms with van der Waals surface area (Å²) in [5.74, 6) is -0.364. The van der Waals surface area contributed by atoms with Crippen molar-refractivity contribution in [1.82, 2.24) is 15.1 Å². The van der Waals surface area contributed by atoms with Gasteiger partial charge in [-0.25, -0.2) is 0 Å². The highest BCUT2D eigenvalue weighted by Crippen LogP contribution is 2.05. The summed E-state index contributed by atoms with van der Waals surface area (Å²) in [7, 11) is 1.78. The first-order chi connectivity index (χ1) is 10.2. The van der Waals surface area contributed by atoms with E-state index >= 15 is 0 Å². The van der Waals surface area contributed by atoms with E-state index in [9.17, 15) is 4.79 Å². The van der Waals surface area contributed by atoms with Crippen LogP contribution < -0.4 is 5.32 Å². The van der Waals surface area contributed by atoms with Gasteiger partial charge in [-0.15, -0.1) is 0 Å². The summed E-state index contributed by atoms with van der Waals surface area (Å²) in [6, 6.07) is 11.8. The number of carbonyl (C=O) groups excluding carboxylic acids is 1. The van der Waals surface area contributed by atoms with E-state index in [-0.39, 0.29) is 11.5 Å². The van der Waals surface area contributed by atoms with Crippen LogP contribution in [0.25, 0.3) is 6.08 Å². The molecule has 0 spiro atoms. The Kier molecular flexibility index (Phi) is 4.89. The number of amides is 1. The molecule has 0 aliphatic carbocycles. The van der Waals surface area contributed by atoms with Gasteiger partial charge in [0.1, 0.15) is 11.6 Å². The van der Waals surface area contributed by atoms with Crippen LogP contribution in [0.15, 0.2) is 48.3 Å². The number of hydrogen-bond acceptors (Lipinski definition) is 3. The molecule has 0 bridgehead atoms. The molecule has 106 valence electrons. The van der Waals surface area contributed by atoms with Gasteiger partial charge < -0.3 is 5.32 Å². The molecule has 2 rings (SSSR count). The van der Waals surface area contributed by atoms with Crippen molar-refractivity contribution in [2.24, 2.45) is 7.05 Å². The second-order valence-corrected chi connectivity index (χ2v) is 4.61. The van der Waals surface area contributed by atoms with Crippen molar-refractivity contribution in [2.45, 2.75) is 6.42 Å². The molecule has 21 heavy (non-hydrogen) atoms. The number of nitrogens with zero attached hydrogens (tertiary/aromatic N) is 3. The molecule has 1 aromatic carbocycles. The summed E-state index contributed by atoms with van der Waals surface area (Å²) >= 11 is 0. The van der Waals surface area contributed by atoms with E-state index in [0.29, 0.717) is 6.54 Å². The van der Waals surface area contributed by atoms with Crippen LogP contribution in [0.4, 0.5) is 0 Å². The third kappa shape index (κ3) is 4.32. The molecule has 0 saturated carbocycles. The molecule has 1 amide bonds. The maximum Gasteiger partial charge on any atom is 0.261 e. The molecule has 0 atom stereocenters. The first-order valence-corrected chi connectivity index (χ1v) is 6.61. The minimum Gasteiger partial charge on any atom is -0.351 e. The molecule has 1 heterocycles. The molecule has 5 heteroatoms. The van der Waals surface area contributed by atoms with Gasteiger partial charge in [-0.1, -0.05) is 30.3 Å². The number of nitriles is 1. The molecule has 0 unspecified atom stereocenters. The van der Waals surface area contributed by atoms with Gasteiger partial charge in [0.15, 0.2) is 0 Å². The van der Waals surface area contributed by atoms with Crippen molar-refractivity contribution >= 4 is 12.0 Å². The van der Waals surface area contributed by atoms with E-state index < -0.39 is 0 Å². The van der Waals surface area contributed by atoms with Gasteiger partial charge in [0.25, 0.3) is 5.91 Å². The highest BCUT2D eigenvalue weighted by atomic mass is 16.1. The molecule has 0 aliphatic rings. The topological polar surface area (TPSA) is 70.7 Å². The van der Waals surface area contributed by atoms with Crippen molar-refractivity contribution in [3.8, 4) is 6.07 Å². The van der Waals surface area contributed by atoms with Gasteiger partial charge in [-0.3, -0.25) is 9.48 Å². The number of hydrogen-bond donors (Lipinski definition) is 1. The lowest BCUT2D eigenvalue weighted by molar-refractivity contribution is -0.117. The van der Waals surface area contributed by atoms with Crippen LogP contribution in [0.3, 0.4) is 0 Å². The molecule has 5 nitrogen and oxygen atoms in total. The van der Waals surface area contributed by atoms with Crippen molar-refractivity contribution in [3.63, 3.8) is 0 Å². The number of aromatic nitrogens is 2. The van der Waals surface area contributed by atoms with Crippen LogP contribution in [-0.2, 0) is 18.3 Å². The molecular weight excluding hydrogens is 264 g/mol. The summed E-state index contributed by atoms with van der Waals surface area (Å²) in [6.45, 7) is 0.495. The smallest absolute Gasteiger partial charge is 0.261 e. The largest absolute Gasteiger partial charge is 0.351 e. The SMILES string of the molecule is Cn1cc(/C=C(\C#N)C(=O)NCCc2ccccc2)cn1. The predicted octanol–water partition coefficient (Wildman–Crippen LogP) is 1.69. The van der Waals surface area contributed by atoms with Gasteiger partial charge in [-0.05, 0) is 18.1 Å². The van der Waals surface area contributed by atoms with Crippen molar-refractivity contribution in [3.05, 3.63) is 59.4 Å². The lowest BCUT2D eigenvalue weighted by Gasteiger charge is -2.04. The Morgan fingerprint density at radius 1 is 1.43 bits per heavy atom. The molecule has 0 fully saturated rings. The Morgan fingerprint density at radius 3 is 2.81 bits per heavy atom. The van der Waals surface area contributed by atoms with Crippen LogP contribution in [0.2, 0.25) is 0 Å². The molecular formula is C16H16N4O. The van der Waals surface area contributed by atoms with Gasteiger partial charge in [0.05, 0.1) is 6.20 Å². The normalized spacial score (nSPS) is 11.0. The fourth-order valence-electron chi connectivity index (χ4n) is 1.89. The average Bonchev–Trinajstić information content (AvgIpc) is 2.91. The van der Waals surface area contributed by atoms with Crippen molar-refractivity contribution < 1.29 is 4.79 Å². The average molecular weight is 280 g/mol. The van der Waals surface area contributed by atoms with Gasteiger partial charge in [0, 0.05) is 25.4 Å². The lowest BCUT2D eigenvalue weighted by Crippen LogP contribution is -2.26. The summed E-state index contributed by atoms with van der Waals surface area (Å²) in [5, 5.41) is 15.8. The van der Waals surface area contributed by atoms with Gasteiger partial charge >= 0.3 is 0 Å². The van der Waals surface area contributed by atoms with Crippen LogP contribution in [0.1, 0.15) is 11.1 Å². The third-order valence-corrected chi connectivity index (χ3v) is 2.94. The van der Waals surface area contributed by atoms with E-state index in [1.165, 1.54) is 6.08 Å². The Labute approximate surface area is 123 Å². The number of rotatable bonds is 5. The first kappa shape index (κ1) is 14.5. The van der Waals surface area contributed by atoms with Crippen LogP contribution in [0, 0.1) is 11.3 Å². The third-order valence-electron chi connectivity index (χ3n) is 2.94. The Hall–Kier alpha value is -2.87. The van der Waals surface area contributed by atoms with Crippen molar-refractivity contribution in [2.75, 3.05) is 6.54 Å². The monoisotopic (exact) mass is 280 g/mol. The highest BCUT2D eigenvalue weighted by Gasteiger charge is 2.08. The number of nitrogens with one attached hydrogen (secondary N) is 1. The maximum absolute atomic E-state index is 11.9. The van der Waals surface area contributed by atoms with E-state index in [0.717, 1.165) is 17.5 Å². The molecule has 2 aromatic rings. The standard InChI is InChI=1S/C16H16N4O/c1-20-12-14(11-19-20)9-15(10-17)16(21)18-8-7-13-5-3-2-4-6-13/h2-6,9,11-12H,7-8H2,1H3,(H,18,21)/b15-9+. The molecule has 0 aliphatic heterocycles. The van der Waals surface area contributed by atoms with E-state index in [1.54, 1.807) is 24.1 Å². The summed E-state index contributed by atoms with van der Waals surface area (Å²) in [6.07, 6.45) is 5.62. The lowest BCUT2D eigenvalue weighted by atomic mass is 10.1. The molecule has 1 N–H and O–H groups in total. The van der Waals surface area contributed by atoms with Crippen molar-refractivity contribution in [1.29, 1.82) is 5.26 Å². The Bertz CT molecular complexity index is 680. The van der Waals surface area contributed by atoms with Gasteiger partial charge in [-0.2, -0.15) is 10.4 Å². The van der Waals surface area contributed by atoms with E-state index in [1.807, 2.05) is 36.4 Å². The first-order valence-electron chi connectivity index (χ1n) is 6.61. The predicted molar refractivity (Wildman–Crippen MR) is 80.0 cm³/mol. The van der Waals surface area contributed by atoms with Crippen LogP contribution >= 0.6 is 0 Å². The number of carbonyl (C=O) groups is 1. The fraction of sp³-hybridized carbons (Fsp3) is 0.188.